The molecule has 0 fully saturated rings. The molecule has 8 heterocycles. The highest BCUT2D eigenvalue weighted by Gasteiger charge is 2.52. The molecule has 10 aromatic rings. The highest BCUT2D eigenvalue weighted by Crippen LogP contribution is 2.57. The van der Waals surface area contributed by atoms with E-state index < -0.39 is 0 Å². The number of benzene rings is 8. The predicted molar refractivity (Wildman–Crippen MR) is 235 cm³/mol. The van der Waals surface area contributed by atoms with Gasteiger partial charge in [0.15, 0.2) is 0 Å². The van der Waals surface area contributed by atoms with E-state index in [1.165, 1.54) is 125 Å². The molecule has 6 aliphatic heterocycles. The van der Waals surface area contributed by atoms with Crippen LogP contribution in [0.1, 0.15) is 0 Å². The van der Waals surface area contributed by atoms with Crippen molar-refractivity contribution in [2.75, 3.05) is 9.80 Å². The molecule has 0 saturated heterocycles. The van der Waals surface area contributed by atoms with Crippen LogP contribution in [0.4, 0.5) is 34.1 Å². The Morgan fingerprint density at radius 2 is 1.00 bits per heavy atom. The summed E-state index contributed by atoms with van der Waals surface area (Å²) < 4.78 is 9.63. The van der Waals surface area contributed by atoms with E-state index in [0.717, 1.165) is 11.2 Å². The lowest BCUT2D eigenvalue weighted by atomic mass is 9.29. The van der Waals surface area contributed by atoms with Crippen LogP contribution >= 0.6 is 23.5 Å². The van der Waals surface area contributed by atoms with Gasteiger partial charge in [-0.2, -0.15) is 0 Å². The van der Waals surface area contributed by atoms with Crippen molar-refractivity contribution in [2.24, 2.45) is 0 Å². The SMILES string of the molecule is c1ccc2c(c1)Sc1cccc3c1N2c1cc2c4c5c1B3c1cccc3c6c7oc8ccccc8c7cc(c6n-5c13)B4c1cccc3c1N2c1ccccc1S3. The molecule has 0 aliphatic carbocycles. The van der Waals surface area contributed by atoms with Crippen molar-refractivity contribution in [3.63, 3.8) is 0 Å². The van der Waals surface area contributed by atoms with Crippen LogP contribution in [0.3, 0.4) is 0 Å². The monoisotopic (exact) mass is 743 g/mol. The number of hydrogen-bond donors (Lipinski definition) is 0. The van der Waals surface area contributed by atoms with Gasteiger partial charge in [-0.25, -0.2) is 0 Å². The lowest BCUT2D eigenvalue weighted by Crippen LogP contribution is -2.67. The Labute approximate surface area is 329 Å². The molecule has 0 atom stereocenters. The van der Waals surface area contributed by atoms with E-state index in [1.54, 1.807) is 0 Å². The van der Waals surface area contributed by atoms with Crippen LogP contribution in [0, 0.1) is 0 Å². The minimum atomic E-state index is 0.0406. The molecule has 6 aliphatic rings. The summed E-state index contributed by atoms with van der Waals surface area (Å²) in [4.78, 5) is 10.4. The van der Waals surface area contributed by atoms with E-state index in [4.69, 9.17) is 4.42 Å². The van der Waals surface area contributed by atoms with Crippen LogP contribution in [0.2, 0.25) is 0 Å². The standard InChI is InChI=1S/C48H23B2N3OS2/c1-4-17-35-24(10-1)26-22-30-46-40(48(26)54-35)25-11-7-12-27-43(25)53(46)47-41-33(51-31-15-2-5-18-36(31)55-38-20-8-13-28(44(38)51)49(27)41)23-34-42(47)50(30)29-14-9-21-39-45(29)52(34)32-16-3-6-19-37(32)56-39/h1-23H. The van der Waals surface area contributed by atoms with Crippen molar-refractivity contribution < 1.29 is 4.42 Å². The lowest BCUT2D eigenvalue weighted by molar-refractivity contribution is 0.673. The molecule has 8 heteroatoms. The third kappa shape index (κ3) is 2.94. The van der Waals surface area contributed by atoms with Crippen LogP contribution in [-0.2, 0) is 0 Å². The van der Waals surface area contributed by atoms with Gasteiger partial charge in [-0.3, -0.25) is 0 Å². The summed E-state index contributed by atoms with van der Waals surface area (Å²) in [6.45, 7) is 0.118. The third-order valence-corrected chi connectivity index (χ3v) is 15.7. The smallest absolute Gasteiger partial charge is 0.252 e. The molecule has 8 aromatic carbocycles. The molecule has 16 rings (SSSR count). The fraction of sp³-hybridized carbons (Fsp3) is 0. The van der Waals surface area contributed by atoms with E-state index in [0.29, 0.717) is 0 Å². The van der Waals surface area contributed by atoms with Gasteiger partial charge in [0.1, 0.15) is 11.2 Å². The maximum Gasteiger partial charge on any atom is 0.252 e. The Balaban J connectivity index is 1.18. The second-order valence-corrected chi connectivity index (χ2v) is 18.1. The molecule has 4 nitrogen and oxygen atoms in total. The van der Waals surface area contributed by atoms with E-state index in [-0.39, 0.29) is 13.4 Å². The summed E-state index contributed by atoms with van der Waals surface area (Å²) in [6.07, 6.45) is 0. The maximum atomic E-state index is 6.94. The highest BCUT2D eigenvalue weighted by atomic mass is 32.2. The number of para-hydroxylation sites is 6. The molecular weight excluding hydrogens is 720 g/mol. The quantitative estimate of drug-likeness (QED) is 0.145. The molecular formula is C48H23B2N3OS2. The van der Waals surface area contributed by atoms with Crippen molar-refractivity contribution in [1.29, 1.82) is 0 Å². The Hall–Kier alpha value is -6.21. The van der Waals surface area contributed by atoms with Gasteiger partial charge in [-0.05, 0) is 81.3 Å². The first-order valence-electron chi connectivity index (χ1n) is 19.3. The maximum absolute atomic E-state index is 6.94. The fourth-order valence-corrected chi connectivity index (χ4v) is 13.8. The summed E-state index contributed by atoms with van der Waals surface area (Å²) in [5, 5.41) is 4.88. The molecule has 2 aromatic heterocycles. The van der Waals surface area contributed by atoms with Crippen LogP contribution in [0.25, 0.3) is 49.4 Å². The van der Waals surface area contributed by atoms with Gasteiger partial charge >= 0.3 is 0 Å². The largest absolute Gasteiger partial charge is 0.455 e. The van der Waals surface area contributed by atoms with Crippen molar-refractivity contribution in [3.8, 4) is 5.69 Å². The second-order valence-electron chi connectivity index (χ2n) is 15.9. The van der Waals surface area contributed by atoms with Crippen LogP contribution < -0.4 is 42.6 Å². The molecule has 0 N–H and O–H groups in total. The zero-order chi connectivity index (χ0) is 35.7. The molecule has 0 saturated carbocycles. The Morgan fingerprint density at radius 3 is 1.71 bits per heavy atom. The number of aromatic nitrogens is 1. The number of fused-ring (bicyclic) bond motifs is 15. The van der Waals surface area contributed by atoms with E-state index in [2.05, 4.69) is 154 Å². The van der Waals surface area contributed by atoms with Gasteiger partial charge in [0.2, 0.25) is 0 Å². The van der Waals surface area contributed by atoms with Crippen molar-refractivity contribution in [2.45, 2.75) is 19.6 Å². The second kappa shape index (κ2) is 9.24. The Morgan fingerprint density at radius 1 is 0.429 bits per heavy atom. The first-order valence-corrected chi connectivity index (χ1v) is 21.0. The minimum Gasteiger partial charge on any atom is -0.455 e. The third-order valence-electron chi connectivity index (χ3n) is 13.5. The number of hydrogen-bond acceptors (Lipinski definition) is 5. The van der Waals surface area contributed by atoms with Gasteiger partial charge in [0.25, 0.3) is 13.4 Å². The number of furan rings is 1. The number of nitrogens with zero attached hydrogens (tertiary/aromatic N) is 3. The average molecular weight is 743 g/mol. The molecule has 0 bridgehead atoms. The van der Waals surface area contributed by atoms with Crippen molar-refractivity contribution in [1.82, 2.24) is 4.57 Å². The van der Waals surface area contributed by atoms with Gasteiger partial charge < -0.3 is 18.8 Å². The zero-order valence-electron chi connectivity index (χ0n) is 29.5. The van der Waals surface area contributed by atoms with Crippen molar-refractivity contribution >= 4 is 148 Å². The lowest BCUT2D eigenvalue weighted by Gasteiger charge is -2.48. The first kappa shape index (κ1) is 28.2. The summed E-state index contributed by atoms with van der Waals surface area (Å²) >= 11 is 3.81. The van der Waals surface area contributed by atoms with Gasteiger partial charge in [-0.1, -0.05) is 115 Å². The first-order chi connectivity index (χ1) is 27.8. The summed E-state index contributed by atoms with van der Waals surface area (Å²) in [7, 11) is 0. The summed E-state index contributed by atoms with van der Waals surface area (Å²) in [5.74, 6) is 0. The summed E-state index contributed by atoms with van der Waals surface area (Å²) in [6, 6.07) is 52.7. The zero-order valence-corrected chi connectivity index (χ0v) is 31.1. The van der Waals surface area contributed by atoms with Crippen molar-refractivity contribution in [3.05, 3.63) is 140 Å². The number of rotatable bonds is 0. The van der Waals surface area contributed by atoms with Gasteiger partial charge in [-0.15, -0.1) is 0 Å². The van der Waals surface area contributed by atoms with Crippen LogP contribution in [0.15, 0.2) is 164 Å². The van der Waals surface area contributed by atoms with Crippen LogP contribution in [0.5, 0.6) is 0 Å². The Kier molecular flexibility index (Phi) is 4.66. The molecule has 56 heavy (non-hydrogen) atoms. The average Bonchev–Trinajstić information content (AvgIpc) is 3.80. The topological polar surface area (TPSA) is 24.6 Å². The minimum absolute atomic E-state index is 0.0406. The highest BCUT2D eigenvalue weighted by molar-refractivity contribution is 8.00. The molecule has 0 unspecified atom stereocenters. The van der Waals surface area contributed by atoms with Crippen LogP contribution in [-0.4, -0.2) is 18.0 Å². The predicted octanol–water partition coefficient (Wildman–Crippen LogP) is 8.84. The van der Waals surface area contributed by atoms with Gasteiger partial charge in [0, 0.05) is 58.3 Å². The fourth-order valence-electron chi connectivity index (χ4n) is 11.6. The molecule has 0 radical (unpaired) electrons. The normalized spacial score (nSPS) is 15.2. The summed E-state index contributed by atoms with van der Waals surface area (Å²) in [5.41, 5.74) is 21.9. The van der Waals surface area contributed by atoms with E-state index >= 15 is 0 Å². The Bertz CT molecular complexity index is 3610. The van der Waals surface area contributed by atoms with Gasteiger partial charge in [0.05, 0.1) is 33.7 Å². The molecule has 0 amide bonds. The van der Waals surface area contributed by atoms with E-state index in [9.17, 15) is 0 Å². The number of anilines is 6. The molecule has 254 valence electrons. The van der Waals surface area contributed by atoms with E-state index in [1.807, 2.05) is 23.5 Å². The molecule has 0 spiro atoms.